The van der Waals surface area contributed by atoms with Crippen LogP contribution in [0.4, 0.5) is 5.13 Å². The van der Waals surface area contributed by atoms with Gasteiger partial charge in [-0.1, -0.05) is 30.3 Å². The van der Waals surface area contributed by atoms with Crippen LogP contribution in [0.1, 0.15) is 15.9 Å². The maximum Gasteiger partial charge on any atom is 0.259 e. The average Bonchev–Trinajstić information content (AvgIpc) is 3.30. The van der Waals surface area contributed by atoms with Gasteiger partial charge in [0.15, 0.2) is 15.0 Å². The second kappa shape index (κ2) is 7.21. The molecule has 0 aliphatic heterocycles. The van der Waals surface area contributed by atoms with Crippen molar-refractivity contribution < 1.29 is 13.2 Å². The number of aromatic nitrogens is 2. The number of rotatable bonds is 5. The number of hydrogen-bond acceptors (Lipinski definition) is 5. The number of anilines is 1. The van der Waals surface area contributed by atoms with Gasteiger partial charge in [0.05, 0.1) is 10.5 Å². The highest BCUT2D eigenvalue weighted by atomic mass is 32.2. The number of hydrogen-bond donors (Lipinski definition) is 1. The van der Waals surface area contributed by atoms with E-state index in [0.717, 1.165) is 16.5 Å². The van der Waals surface area contributed by atoms with Crippen LogP contribution in [0.3, 0.4) is 0 Å². The summed E-state index contributed by atoms with van der Waals surface area (Å²) in [6.45, 7) is 0.523. The maximum atomic E-state index is 12.7. The Morgan fingerprint density at radius 3 is 2.57 bits per heavy atom. The van der Waals surface area contributed by atoms with E-state index in [-0.39, 0.29) is 10.8 Å². The van der Waals surface area contributed by atoms with Gasteiger partial charge in [0.25, 0.3) is 5.91 Å². The number of fused-ring (bicyclic) bond motifs is 1. The average molecular weight is 412 g/mol. The van der Waals surface area contributed by atoms with Crippen molar-refractivity contribution in [1.82, 2.24) is 9.55 Å². The minimum Gasteiger partial charge on any atom is -0.342 e. The fraction of sp³-hybridized carbons (Fsp3) is 0.100. The minimum absolute atomic E-state index is 0.211. The van der Waals surface area contributed by atoms with Crippen molar-refractivity contribution in [3.05, 3.63) is 77.4 Å². The van der Waals surface area contributed by atoms with Gasteiger partial charge in [-0.15, -0.1) is 11.3 Å². The molecule has 4 aromatic rings. The van der Waals surface area contributed by atoms with E-state index in [4.69, 9.17) is 0 Å². The number of sulfone groups is 1. The number of nitrogens with one attached hydrogen (secondary N) is 1. The highest BCUT2D eigenvalue weighted by Gasteiger charge is 2.16. The molecule has 0 spiro atoms. The van der Waals surface area contributed by atoms with Gasteiger partial charge in [0.1, 0.15) is 0 Å². The molecule has 4 rings (SSSR count). The molecule has 0 fully saturated rings. The minimum atomic E-state index is -3.22. The number of nitrogens with zero attached hydrogens (tertiary/aromatic N) is 2. The zero-order chi connectivity index (χ0) is 19.7. The molecule has 2 aromatic heterocycles. The van der Waals surface area contributed by atoms with Gasteiger partial charge in [-0.3, -0.25) is 10.1 Å². The van der Waals surface area contributed by atoms with E-state index in [0.29, 0.717) is 17.2 Å². The molecule has 2 heterocycles. The molecule has 0 saturated carbocycles. The molecule has 0 bridgehead atoms. The van der Waals surface area contributed by atoms with Crippen molar-refractivity contribution in [2.45, 2.75) is 11.4 Å². The van der Waals surface area contributed by atoms with E-state index >= 15 is 0 Å². The first-order valence-corrected chi connectivity index (χ1v) is 11.3. The van der Waals surface area contributed by atoms with Crippen molar-refractivity contribution in [2.75, 3.05) is 11.6 Å². The predicted octanol–water partition coefficient (Wildman–Crippen LogP) is 3.80. The highest BCUT2D eigenvalue weighted by molar-refractivity contribution is 7.90. The molecule has 142 valence electrons. The summed E-state index contributed by atoms with van der Waals surface area (Å²) in [7, 11) is -3.22. The lowest BCUT2D eigenvalue weighted by atomic mass is 10.1. The summed E-state index contributed by atoms with van der Waals surface area (Å²) in [6.07, 6.45) is 4.65. The predicted molar refractivity (Wildman–Crippen MR) is 111 cm³/mol. The van der Waals surface area contributed by atoms with Crippen molar-refractivity contribution in [1.29, 1.82) is 0 Å². The molecular formula is C20H17N3O3S2. The lowest BCUT2D eigenvalue weighted by Gasteiger charge is -2.06. The summed E-state index contributed by atoms with van der Waals surface area (Å²) in [5, 5.41) is 6.03. The lowest BCUT2D eigenvalue weighted by molar-refractivity contribution is 0.102. The molecule has 6 nitrogen and oxygen atoms in total. The molecule has 0 saturated heterocycles. The lowest BCUT2D eigenvalue weighted by Crippen LogP contribution is -2.11. The molecular weight excluding hydrogens is 394 g/mol. The summed E-state index contributed by atoms with van der Waals surface area (Å²) in [5.74, 6) is -0.211. The van der Waals surface area contributed by atoms with E-state index in [1.165, 1.54) is 17.6 Å². The van der Waals surface area contributed by atoms with Crippen LogP contribution in [-0.2, 0) is 16.4 Å². The van der Waals surface area contributed by atoms with Crippen LogP contribution in [0.5, 0.6) is 0 Å². The van der Waals surface area contributed by atoms with Crippen LogP contribution < -0.4 is 5.32 Å². The highest BCUT2D eigenvalue weighted by Crippen LogP contribution is 2.24. The van der Waals surface area contributed by atoms with E-state index < -0.39 is 9.84 Å². The fourth-order valence-corrected chi connectivity index (χ4v) is 4.20. The standard InChI is InChI=1S/C20H17N3O3S2/c1-28(25,26)15-8-6-14(7-9-15)12-23-13-17(16-4-2-3-5-18(16)23)19(24)22-20-21-10-11-27-20/h2-11,13H,12H2,1H3,(H,21,22,24). The molecule has 0 radical (unpaired) electrons. The van der Waals surface area contributed by atoms with E-state index in [1.807, 2.05) is 35.0 Å². The first-order valence-electron chi connectivity index (χ1n) is 8.49. The van der Waals surface area contributed by atoms with Crippen molar-refractivity contribution in [2.24, 2.45) is 0 Å². The Bertz CT molecular complexity index is 1240. The molecule has 8 heteroatoms. The van der Waals surface area contributed by atoms with Crippen LogP contribution >= 0.6 is 11.3 Å². The fourth-order valence-electron chi connectivity index (χ4n) is 3.05. The first kappa shape index (κ1) is 18.4. The zero-order valence-electron chi connectivity index (χ0n) is 15.0. The van der Waals surface area contributed by atoms with Crippen LogP contribution in [0.25, 0.3) is 10.9 Å². The van der Waals surface area contributed by atoms with Crippen LogP contribution in [-0.4, -0.2) is 30.1 Å². The van der Waals surface area contributed by atoms with Gasteiger partial charge in [-0.2, -0.15) is 0 Å². The third-order valence-electron chi connectivity index (χ3n) is 4.39. The van der Waals surface area contributed by atoms with E-state index in [2.05, 4.69) is 10.3 Å². The Labute approximate surface area is 166 Å². The topological polar surface area (TPSA) is 81.1 Å². The summed E-state index contributed by atoms with van der Waals surface area (Å²) in [6, 6.07) is 14.5. The molecule has 28 heavy (non-hydrogen) atoms. The van der Waals surface area contributed by atoms with Crippen LogP contribution in [0.15, 0.2) is 71.2 Å². The molecule has 0 aliphatic carbocycles. The molecule has 1 amide bonds. The number of carbonyl (C=O) groups excluding carboxylic acids is 1. The Hall–Kier alpha value is -2.97. The van der Waals surface area contributed by atoms with Gasteiger partial charge in [-0.05, 0) is 23.8 Å². The van der Waals surface area contributed by atoms with Crippen LogP contribution in [0, 0.1) is 0 Å². The Kier molecular flexibility index (Phi) is 4.74. The van der Waals surface area contributed by atoms with Crippen LogP contribution in [0.2, 0.25) is 0 Å². The van der Waals surface area contributed by atoms with Gasteiger partial charge in [0.2, 0.25) is 0 Å². The molecule has 0 atom stereocenters. The first-order chi connectivity index (χ1) is 13.4. The second-order valence-corrected chi connectivity index (χ2v) is 9.31. The second-order valence-electron chi connectivity index (χ2n) is 6.40. The van der Waals surface area contributed by atoms with Crippen molar-refractivity contribution >= 4 is 43.1 Å². The van der Waals surface area contributed by atoms with Gasteiger partial charge in [-0.25, -0.2) is 13.4 Å². The van der Waals surface area contributed by atoms with Crippen molar-refractivity contribution in [3.63, 3.8) is 0 Å². The van der Waals surface area contributed by atoms with E-state index in [9.17, 15) is 13.2 Å². The van der Waals surface area contributed by atoms with Gasteiger partial charge >= 0.3 is 0 Å². The normalized spacial score (nSPS) is 11.6. The number of benzene rings is 2. The molecule has 0 aliphatic rings. The quantitative estimate of drug-likeness (QED) is 0.542. The van der Waals surface area contributed by atoms with Crippen molar-refractivity contribution in [3.8, 4) is 0 Å². The Morgan fingerprint density at radius 2 is 1.89 bits per heavy atom. The Morgan fingerprint density at radius 1 is 1.14 bits per heavy atom. The Balaban J connectivity index is 1.67. The summed E-state index contributed by atoms with van der Waals surface area (Å²) in [4.78, 5) is 17.1. The SMILES string of the molecule is CS(=O)(=O)c1ccc(Cn2cc(C(=O)Nc3nccs3)c3ccccc32)cc1. The monoisotopic (exact) mass is 411 g/mol. The molecule has 0 unspecified atom stereocenters. The largest absolute Gasteiger partial charge is 0.342 e. The number of thiazole rings is 1. The number of amides is 1. The summed E-state index contributed by atoms with van der Waals surface area (Å²) < 4.78 is 25.3. The number of carbonyl (C=O) groups is 1. The zero-order valence-corrected chi connectivity index (χ0v) is 16.6. The third-order valence-corrected chi connectivity index (χ3v) is 6.21. The molecule has 2 aromatic carbocycles. The summed E-state index contributed by atoms with van der Waals surface area (Å²) >= 11 is 1.37. The maximum absolute atomic E-state index is 12.7. The van der Waals surface area contributed by atoms with Gasteiger partial charge in [0, 0.05) is 41.5 Å². The van der Waals surface area contributed by atoms with Gasteiger partial charge < -0.3 is 4.57 Å². The van der Waals surface area contributed by atoms with E-state index in [1.54, 1.807) is 35.8 Å². The summed E-state index contributed by atoms with van der Waals surface area (Å²) in [5.41, 5.74) is 2.44. The molecule has 1 N–H and O–H groups in total. The smallest absolute Gasteiger partial charge is 0.259 e. The number of para-hydroxylation sites is 1. The third kappa shape index (κ3) is 3.69.